The van der Waals surface area contributed by atoms with E-state index in [1.807, 2.05) is 0 Å². The van der Waals surface area contributed by atoms with E-state index in [1.165, 1.54) is 10.8 Å². The first-order chi connectivity index (χ1) is 9.08. The number of carbonyl (C=O) groups excluding carboxylic acids is 1. The highest BCUT2D eigenvalue weighted by Crippen LogP contribution is 2.19. The molecule has 3 rings (SSSR count). The molecule has 5 heteroatoms. The highest BCUT2D eigenvalue weighted by Gasteiger charge is 2.16. The van der Waals surface area contributed by atoms with Crippen LogP contribution in [0.15, 0.2) is 44.2 Å². The van der Waals surface area contributed by atoms with Crippen molar-refractivity contribution in [1.29, 1.82) is 0 Å². The van der Waals surface area contributed by atoms with Gasteiger partial charge in [0.15, 0.2) is 11.4 Å². The molecule has 0 N–H and O–H groups in total. The normalized spacial score (nSPS) is 11.1. The molecule has 19 heavy (non-hydrogen) atoms. The van der Waals surface area contributed by atoms with Crippen LogP contribution in [-0.4, -0.2) is 10.4 Å². The molecule has 0 saturated heterocycles. The van der Waals surface area contributed by atoms with Gasteiger partial charge in [0.25, 0.3) is 0 Å². The lowest BCUT2D eigenvalue weighted by atomic mass is 10.0. The predicted octanol–water partition coefficient (Wildman–Crippen LogP) is 2.26. The number of furan rings is 1. The molecule has 0 aliphatic rings. The first-order valence-electron chi connectivity index (χ1n) is 5.76. The average Bonchev–Trinajstić information content (AvgIpc) is 2.93. The lowest BCUT2D eigenvalue weighted by molar-refractivity contribution is 0.103. The molecule has 0 saturated carbocycles. The van der Waals surface area contributed by atoms with Gasteiger partial charge in [-0.05, 0) is 31.2 Å². The maximum atomic E-state index is 12.3. The molecule has 2 heterocycles. The fourth-order valence-corrected chi connectivity index (χ4v) is 2.05. The van der Waals surface area contributed by atoms with Crippen LogP contribution < -0.4 is 5.76 Å². The van der Waals surface area contributed by atoms with Gasteiger partial charge in [-0.15, -0.1) is 0 Å². The number of aryl methyl sites for hydroxylation is 2. The summed E-state index contributed by atoms with van der Waals surface area (Å²) in [6.07, 6.45) is 1.48. The highest BCUT2D eigenvalue weighted by atomic mass is 16.4. The second-order valence-electron chi connectivity index (χ2n) is 4.33. The number of fused-ring (bicyclic) bond motifs is 1. The van der Waals surface area contributed by atoms with Gasteiger partial charge < -0.3 is 8.83 Å². The Labute approximate surface area is 108 Å². The number of oxazole rings is 1. The molecule has 1 aromatic carbocycles. The van der Waals surface area contributed by atoms with Gasteiger partial charge in [-0.3, -0.25) is 9.36 Å². The summed E-state index contributed by atoms with van der Waals surface area (Å²) >= 11 is 0. The van der Waals surface area contributed by atoms with Crippen LogP contribution in [0.4, 0.5) is 0 Å². The molecule has 0 fully saturated rings. The maximum absolute atomic E-state index is 12.3. The summed E-state index contributed by atoms with van der Waals surface area (Å²) in [4.78, 5) is 23.7. The second-order valence-corrected chi connectivity index (χ2v) is 4.33. The molecule has 0 aliphatic heterocycles. The van der Waals surface area contributed by atoms with Crippen molar-refractivity contribution in [2.45, 2.75) is 6.92 Å². The molecule has 0 amide bonds. The Morgan fingerprint density at radius 3 is 2.74 bits per heavy atom. The zero-order valence-electron chi connectivity index (χ0n) is 10.5. The zero-order valence-corrected chi connectivity index (χ0v) is 10.5. The Morgan fingerprint density at radius 1 is 1.26 bits per heavy atom. The minimum absolute atomic E-state index is 0.153. The third-order valence-corrected chi connectivity index (χ3v) is 3.16. The van der Waals surface area contributed by atoms with Crippen molar-refractivity contribution >= 4 is 16.9 Å². The summed E-state index contributed by atoms with van der Waals surface area (Å²) in [5, 5.41) is 0. The van der Waals surface area contributed by atoms with Crippen LogP contribution in [0.25, 0.3) is 11.1 Å². The topological polar surface area (TPSA) is 65.3 Å². The average molecular weight is 257 g/mol. The van der Waals surface area contributed by atoms with Crippen LogP contribution in [0.3, 0.4) is 0 Å². The largest absolute Gasteiger partial charge is 0.469 e. The number of hydrogen-bond acceptors (Lipinski definition) is 4. The van der Waals surface area contributed by atoms with Crippen molar-refractivity contribution in [2.75, 3.05) is 0 Å². The highest BCUT2D eigenvalue weighted by molar-refractivity contribution is 6.10. The Balaban J connectivity index is 2.14. The van der Waals surface area contributed by atoms with Crippen molar-refractivity contribution in [3.05, 3.63) is 58.0 Å². The number of aromatic nitrogens is 1. The van der Waals surface area contributed by atoms with Gasteiger partial charge in [-0.25, -0.2) is 4.79 Å². The summed E-state index contributed by atoms with van der Waals surface area (Å²) < 4.78 is 11.6. The minimum Gasteiger partial charge on any atom is -0.469 e. The van der Waals surface area contributed by atoms with Crippen molar-refractivity contribution in [1.82, 2.24) is 4.57 Å². The van der Waals surface area contributed by atoms with Crippen LogP contribution in [0, 0.1) is 6.92 Å². The molecule has 0 bridgehead atoms. The SMILES string of the molecule is Cc1occc1C(=O)c1ccc2c(c1)oc(=O)n2C. The molecule has 0 spiro atoms. The van der Waals surface area contributed by atoms with Crippen LogP contribution >= 0.6 is 0 Å². The lowest BCUT2D eigenvalue weighted by Crippen LogP contribution is -2.08. The Kier molecular flexibility index (Phi) is 2.41. The summed E-state index contributed by atoms with van der Waals surface area (Å²) in [6, 6.07) is 6.57. The van der Waals surface area contributed by atoms with Crippen LogP contribution in [0.2, 0.25) is 0 Å². The molecule has 0 aliphatic carbocycles. The minimum atomic E-state index is -0.445. The zero-order chi connectivity index (χ0) is 13.6. The molecule has 0 radical (unpaired) electrons. The second kappa shape index (κ2) is 3.98. The van der Waals surface area contributed by atoms with E-state index in [2.05, 4.69) is 0 Å². The summed E-state index contributed by atoms with van der Waals surface area (Å²) in [5.41, 5.74) is 2.04. The maximum Gasteiger partial charge on any atom is 0.419 e. The summed E-state index contributed by atoms with van der Waals surface area (Å²) in [5.74, 6) is -0.0293. The Morgan fingerprint density at radius 2 is 2.05 bits per heavy atom. The van der Waals surface area contributed by atoms with E-state index in [1.54, 1.807) is 38.2 Å². The Hall–Kier alpha value is -2.56. The van der Waals surface area contributed by atoms with E-state index in [0.29, 0.717) is 28.0 Å². The van der Waals surface area contributed by atoms with Crippen molar-refractivity contribution in [3.63, 3.8) is 0 Å². The fraction of sp³-hybridized carbons (Fsp3) is 0.143. The van der Waals surface area contributed by atoms with Crippen LogP contribution in [0.1, 0.15) is 21.7 Å². The lowest BCUT2D eigenvalue weighted by Gasteiger charge is -1.99. The van der Waals surface area contributed by atoms with Gasteiger partial charge in [0.05, 0.1) is 17.3 Å². The quantitative estimate of drug-likeness (QED) is 0.660. The third-order valence-electron chi connectivity index (χ3n) is 3.16. The van der Waals surface area contributed by atoms with Gasteiger partial charge in [0, 0.05) is 12.6 Å². The molecular formula is C14H11NO4. The molecule has 96 valence electrons. The molecular weight excluding hydrogens is 246 g/mol. The van der Waals surface area contributed by atoms with Gasteiger partial charge in [0.2, 0.25) is 0 Å². The summed E-state index contributed by atoms with van der Waals surface area (Å²) in [7, 11) is 1.62. The van der Waals surface area contributed by atoms with Crippen LogP contribution in [0.5, 0.6) is 0 Å². The third kappa shape index (κ3) is 1.71. The van der Waals surface area contributed by atoms with Crippen molar-refractivity contribution in [2.24, 2.45) is 7.05 Å². The van der Waals surface area contributed by atoms with E-state index in [9.17, 15) is 9.59 Å². The first-order valence-corrected chi connectivity index (χ1v) is 5.76. The van der Waals surface area contributed by atoms with Gasteiger partial charge in [-0.1, -0.05) is 0 Å². The number of rotatable bonds is 2. The number of hydrogen-bond donors (Lipinski definition) is 0. The van der Waals surface area contributed by atoms with Gasteiger partial charge in [-0.2, -0.15) is 0 Å². The predicted molar refractivity (Wildman–Crippen MR) is 68.3 cm³/mol. The first kappa shape index (κ1) is 11.5. The fourth-order valence-electron chi connectivity index (χ4n) is 2.05. The molecule has 5 nitrogen and oxygen atoms in total. The van der Waals surface area contributed by atoms with E-state index in [0.717, 1.165) is 0 Å². The molecule has 0 unspecified atom stereocenters. The van der Waals surface area contributed by atoms with Crippen molar-refractivity contribution in [3.8, 4) is 0 Å². The Bertz CT molecular complexity index is 835. The molecule has 0 atom stereocenters. The van der Waals surface area contributed by atoms with Gasteiger partial charge >= 0.3 is 5.76 Å². The van der Waals surface area contributed by atoms with Crippen molar-refractivity contribution < 1.29 is 13.6 Å². The molecule has 2 aromatic heterocycles. The van der Waals surface area contributed by atoms with E-state index in [-0.39, 0.29) is 5.78 Å². The number of carbonyl (C=O) groups is 1. The standard InChI is InChI=1S/C14H11NO4/c1-8-10(5-6-18-8)13(16)9-3-4-11-12(7-9)19-14(17)15(11)2/h3-7H,1-2H3. The van der Waals surface area contributed by atoms with E-state index < -0.39 is 5.76 Å². The van der Waals surface area contributed by atoms with E-state index >= 15 is 0 Å². The number of ketones is 1. The monoisotopic (exact) mass is 257 g/mol. The summed E-state index contributed by atoms with van der Waals surface area (Å²) in [6.45, 7) is 1.73. The van der Waals surface area contributed by atoms with E-state index in [4.69, 9.17) is 8.83 Å². The smallest absolute Gasteiger partial charge is 0.419 e. The molecule has 3 aromatic rings. The van der Waals surface area contributed by atoms with Gasteiger partial charge in [0.1, 0.15) is 5.76 Å². The number of benzene rings is 1. The van der Waals surface area contributed by atoms with Crippen LogP contribution in [-0.2, 0) is 7.05 Å². The number of nitrogens with zero attached hydrogens (tertiary/aromatic N) is 1.